The van der Waals surface area contributed by atoms with Crippen LogP contribution in [0.3, 0.4) is 0 Å². The summed E-state index contributed by atoms with van der Waals surface area (Å²) in [4.78, 5) is 15.4. The molecule has 3 aromatic carbocycles. The van der Waals surface area contributed by atoms with Gasteiger partial charge in [-0.25, -0.2) is 0 Å². The predicted octanol–water partition coefficient (Wildman–Crippen LogP) is 5.42. The maximum absolute atomic E-state index is 11.1. The van der Waals surface area contributed by atoms with Gasteiger partial charge in [0.1, 0.15) is 5.75 Å². The maximum Gasteiger partial charge on any atom is 0.210 e. The third-order valence-electron chi connectivity index (χ3n) is 7.36. The van der Waals surface area contributed by atoms with Crippen LogP contribution in [-0.2, 0) is 30.7 Å². The van der Waals surface area contributed by atoms with Gasteiger partial charge in [0.25, 0.3) is 0 Å². The number of methoxy groups -OCH3 is 3. The van der Waals surface area contributed by atoms with Gasteiger partial charge in [-0.2, -0.15) is 0 Å². The Labute approximate surface area is 220 Å². The van der Waals surface area contributed by atoms with Gasteiger partial charge in [0, 0.05) is 31.7 Å². The van der Waals surface area contributed by atoms with Gasteiger partial charge >= 0.3 is 0 Å². The summed E-state index contributed by atoms with van der Waals surface area (Å²) in [5.41, 5.74) is 6.65. The van der Waals surface area contributed by atoms with Crippen LogP contribution in [0.25, 0.3) is 0 Å². The number of amides is 1. The van der Waals surface area contributed by atoms with E-state index in [1.807, 2.05) is 29.2 Å². The lowest BCUT2D eigenvalue weighted by molar-refractivity contribution is -0.120. The van der Waals surface area contributed by atoms with Crippen LogP contribution in [0.4, 0.5) is 0 Å². The second kappa shape index (κ2) is 12.6. The third kappa shape index (κ3) is 6.08. The molecule has 0 radical (unpaired) electrons. The van der Waals surface area contributed by atoms with E-state index in [1.165, 1.54) is 27.8 Å². The van der Waals surface area contributed by atoms with E-state index < -0.39 is 0 Å². The van der Waals surface area contributed by atoms with Crippen molar-refractivity contribution < 1.29 is 19.0 Å². The topological polar surface area (TPSA) is 51.2 Å². The average Bonchev–Trinajstić information content (AvgIpc) is 2.96. The van der Waals surface area contributed by atoms with Gasteiger partial charge in [-0.15, -0.1) is 0 Å². The van der Waals surface area contributed by atoms with E-state index in [0.717, 1.165) is 69.1 Å². The number of ether oxygens (including phenoxy) is 3. The van der Waals surface area contributed by atoms with Gasteiger partial charge in [0.2, 0.25) is 6.41 Å². The molecular weight excluding hydrogens is 464 g/mol. The molecule has 0 saturated heterocycles. The van der Waals surface area contributed by atoms with Crippen molar-refractivity contribution in [3.63, 3.8) is 0 Å². The van der Waals surface area contributed by atoms with Crippen molar-refractivity contribution >= 4 is 6.41 Å². The zero-order valence-corrected chi connectivity index (χ0v) is 22.4. The second-order valence-electron chi connectivity index (χ2n) is 9.46. The zero-order chi connectivity index (χ0) is 26.2. The normalized spacial score (nSPS) is 16.5. The molecule has 1 amide bonds. The van der Waals surface area contributed by atoms with Crippen molar-refractivity contribution in [2.75, 3.05) is 34.4 Å². The minimum absolute atomic E-state index is 0.144. The molecular formula is C31H38N2O4. The third-order valence-corrected chi connectivity index (χ3v) is 7.36. The second-order valence-corrected chi connectivity index (χ2v) is 9.46. The van der Waals surface area contributed by atoms with Crippen molar-refractivity contribution in [3.05, 3.63) is 88.5 Å². The molecule has 0 saturated carbocycles. The molecule has 0 spiro atoms. The maximum atomic E-state index is 11.1. The van der Waals surface area contributed by atoms with Crippen molar-refractivity contribution in [1.29, 1.82) is 0 Å². The van der Waals surface area contributed by atoms with E-state index in [0.29, 0.717) is 0 Å². The molecule has 0 N–H and O–H groups in total. The molecule has 37 heavy (non-hydrogen) atoms. The van der Waals surface area contributed by atoms with Crippen molar-refractivity contribution in [3.8, 4) is 17.2 Å². The molecule has 0 bridgehead atoms. The number of nitrogens with zero attached hydrogens (tertiary/aromatic N) is 2. The van der Waals surface area contributed by atoms with Crippen LogP contribution in [0.5, 0.6) is 17.2 Å². The highest BCUT2D eigenvalue weighted by atomic mass is 16.5. The molecule has 6 heteroatoms. The molecule has 3 aromatic rings. The lowest BCUT2D eigenvalue weighted by Crippen LogP contribution is -2.34. The molecule has 6 nitrogen and oxygen atoms in total. The first kappa shape index (κ1) is 26.6. The smallest absolute Gasteiger partial charge is 0.210 e. The van der Waals surface area contributed by atoms with Gasteiger partial charge < -0.3 is 19.1 Å². The fraction of sp³-hybridized carbons (Fsp3) is 0.387. The van der Waals surface area contributed by atoms with Gasteiger partial charge in [0.05, 0.1) is 27.4 Å². The molecule has 1 unspecified atom stereocenters. The first-order valence-electron chi connectivity index (χ1n) is 13.0. The number of carbonyl (C=O) groups is 1. The number of rotatable bonds is 7. The van der Waals surface area contributed by atoms with E-state index in [4.69, 9.17) is 14.2 Å². The zero-order valence-electron chi connectivity index (χ0n) is 22.4. The average molecular weight is 503 g/mol. The van der Waals surface area contributed by atoms with E-state index in [-0.39, 0.29) is 6.04 Å². The van der Waals surface area contributed by atoms with E-state index in [9.17, 15) is 4.79 Å². The summed E-state index contributed by atoms with van der Waals surface area (Å²) in [6.07, 6.45) is 3.85. The van der Waals surface area contributed by atoms with Crippen LogP contribution in [-0.4, -0.2) is 50.6 Å². The number of para-hydroxylation sites is 1. The quantitative estimate of drug-likeness (QED) is 0.404. The summed E-state index contributed by atoms with van der Waals surface area (Å²) in [6, 6.07) is 21.2. The molecule has 196 valence electrons. The minimum atomic E-state index is 0.144. The van der Waals surface area contributed by atoms with E-state index in [2.05, 4.69) is 48.2 Å². The Kier molecular flexibility index (Phi) is 9.07. The Hall–Kier alpha value is -3.51. The van der Waals surface area contributed by atoms with Crippen molar-refractivity contribution in [1.82, 2.24) is 9.80 Å². The molecule has 2 heterocycles. The van der Waals surface area contributed by atoms with Crippen LogP contribution in [0.1, 0.15) is 47.2 Å². The Morgan fingerprint density at radius 3 is 2.16 bits per heavy atom. The Balaban J connectivity index is 0.000000173. The molecule has 0 aromatic heterocycles. The number of benzene rings is 3. The van der Waals surface area contributed by atoms with Gasteiger partial charge in [-0.05, 0) is 59.7 Å². The van der Waals surface area contributed by atoms with E-state index in [1.54, 1.807) is 21.3 Å². The lowest BCUT2D eigenvalue weighted by atomic mass is 9.91. The fourth-order valence-corrected chi connectivity index (χ4v) is 5.39. The Bertz CT molecular complexity index is 1200. The molecule has 5 rings (SSSR count). The van der Waals surface area contributed by atoms with Crippen LogP contribution in [0, 0.1) is 0 Å². The standard InChI is InChI=1S/C17H19NO.C14H19NO3/c1-19-17-9-5-4-8-16(17)13-18-11-10-14-6-2-3-7-15(14)12-18;1-4-12-11-8-14(18-3)13(17-2)7-10(11)5-6-15(12)9-16/h2-9H,10-13H2,1H3;7-9,12H,4-6H2,1-3H3. The number of hydrogen-bond acceptors (Lipinski definition) is 5. The Morgan fingerprint density at radius 1 is 0.811 bits per heavy atom. The summed E-state index contributed by atoms with van der Waals surface area (Å²) < 4.78 is 16.1. The molecule has 2 aliphatic heterocycles. The SMILES string of the molecule is CCC1c2cc(OC)c(OC)cc2CCN1C=O.COc1ccccc1CN1CCc2ccccc2C1. The fourth-order valence-electron chi connectivity index (χ4n) is 5.39. The van der Waals surface area contributed by atoms with Crippen LogP contribution < -0.4 is 14.2 Å². The number of hydrogen-bond donors (Lipinski definition) is 0. The minimum Gasteiger partial charge on any atom is -0.496 e. The first-order chi connectivity index (χ1) is 18.1. The van der Waals surface area contributed by atoms with Crippen molar-refractivity contribution in [2.45, 2.75) is 45.3 Å². The molecule has 0 aliphatic carbocycles. The number of carbonyl (C=O) groups excluding carboxylic acids is 1. The van der Waals surface area contributed by atoms with E-state index >= 15 is 0 Å². The highest BCUT2D eigenvalue weighted by Crippen LogP contribution is 2.38. The molecule has 2 aliphatic rings. The Morgan fingerprint density at radius 2 is 1.46 bits per heavy atom. The van der Waals surface area contributed by atoms with Crippen molar-refractivity contribution in [2.24, 2.45) is 0 Å². The van der Waals surface area contributed by atoms with Gasteiger partial charge in [-0.1, -0.05) is 49.4 Å². The summed E-state index contributed by atoms with van der Waals surface area (Å²) in [5.74, 6) is 2.47. The summed E-state index contributed by atoms with van der Waals surface area (Å²) in [7, 11) is 5.01. The van der Waals surface area contributed by atoms with Crippen LogP contribution >= 0.6 is 0 Å². The highest BCUT2D eigenvalue weighted by Gasteiger charge is 2.26. The van der Waals surface area contributed by atoms with Gasteiger partial charge in [0.15, 0.2) is 11.5 Å². The molecule has 1 atom stereocenters. The highest BCUT2D eigenvalue weighted by molar-refractivity contribution is 5.54. The lowest BCUT2D eigenvalue weighted by Gasteiger charge is -2.34. The summed E-state index contributed by atoms with van der Waals surface area (Å²) >= 11 is 0. The first-order valence-corrected chi connectivity index (χ1v) is 13.0. The van der Waals surface area contributed by atoms with Crippen LogP contribution in [0.2, 0.25) is 0 Å². The van der Waals surface area contributed by atoms with Gasteiger partial charge in [-0.3, -0.25) is 9.69 Å². The number of fused-ring (bicyclic) bond motifs is 2. The monoisotopic (exact) mass is 502 g/mol. The summed E-state index contributed by atoms with van der Waals surface area (Å²) in [6.45, 7) is 5.97. The summed E-state index contributed by atoms with van der Waals surface area (Å²) in [5, 5.41) is 0. The predicted molar refractivity (Wildman–Crippen MR) is 146 cm³/mol. The van der Waals surface area contributed by atoms with Crippen LogP contribution in [0.15, 0.2) is 60.7 Å². The largest absolute Gasteiger partial charge is 0.496 e. The molecule has 0 fully saturated rings.